The van der Waals surface area contributed by atoms with Crippen LogP contribution < -0.4 is 5.73 Å². The van der Waals surface area contributed by atoms with Gasteiger partial charge in [0.25, 0.3) is 0 Å². The lowest BCUT2D eigenvalue weighted by molar-refractivity contribution is 0.262. The Morgan fingerprint density at radius 3 is 2.64 bits per heavy atom. The number of hydrogen-bond donors (Lipinski definition) is 1. The maximum Gasteiger partial charge on any atom is -0.00430 e. The normalized spacial score (nSPS) is 25.9. The standard InChI is InChI=1S/C13H19N/c1-9-4-3-5-12(10(9)2)13-7-6-11(13)8-14/h3-5,11,13H,6-8,14H2,1-2H3. The lowest BCUT2D eigenvalue weighted by Crippen LogP contribution is -2.31. The second-order valence-corrected chi connectivity index (χ2v) is 4.47. The van der Waals surface area contributed by atoms with Gasteiger partial charge in [-0.05, 0) is 61.8 Å². The summed E-state index contributed by atoms with van der Waals surface area (Å²) in [6, 6.07) is 6.63. The van der Waals surface area contributed by atoms with Gasteiger partial charge in [0, 0.05) is 0 Å². The van der Waals surface area contributed by atoms with E-state index in [4.69, 9.17) is 5.73 Å². The van der Waals surface area contributed by atoms with Crippen molar-refractivity contribution in [2.24, 2.45) is 11.7 Å². The Labute approximate surface area is 86.3 Å². The van der Waals surface area contributed by atoms with Gasteiger partial charge >= 0.3 is 0 Å². The first-order valence-corrected chi connectivity index (χ1v) is 5.50. The predicted molar refractivity (Wildman–Crippen MR) is 60.4 cm³/mol. The molecule has 1 aromatic carbocycles. The van der Waals surface area contributed by atoms with E-state index in [1.54, 1.807) is 0 Å². The molecule has 0 bridgehead atoms. The minimum absolute atomic E-state index is 0.732. The number of hydrogen-bond acceptors (Lipinski definition) is 1. The smallest absolute Gasteiger partial charge is 0.00430 e. The van der Waals surface area contributed by atoms with Crippen LogP contribution >= 0.6 is 0 Å². The second-order valence-electron chi connectivity index (χ2n) is 4.47. The molecule has 1 aliphatic carbocycles. The predicted octanol–water partition coefficient (Wildman–Crippen LogP) is 2.76. The summed E-state index contributed by atoms with van der Waals surface area (Å²) in [4.78, 5) is 0. The number of benzene rings is 1. The van der Waals surface area contributed by atoms with Crippen molar-refractivity contribution in [1.82, 2.24) is 0 Å². The van der Waals surface area contributed by atoms with Crippen molar-refractivity contribution >= 4 is 0 Å². The summed E-state index contributed by atoms with van der Waals surface area (Å²) in [5.41, 5.74) is 10.2. The first kappa shape index (κ1) is 9.72. The molecule has 1 aromatic rings. The molecule has 0 saturated heterocycles. The third-order valence-corrected chi connectivity index (χ3v) is 3.77. The molecule has 0 heterocycles. The number of aryl methyl sites for hydroxylation is 1. The van der Waals surface area contributed by atoms with Crippen LogP contribution in [0.2, 0.25) is 0 Å². The molecule has 2 N–H and O–H groups in total. The highest BCUT2D eigenvalue weighted by Gasteiger charge is 2.31. The van der Waals surface area contributed by atoms with Crippen LogP contribution in [-0.2, 0) is 0 Å². The van der Waals surface area contributed by atoms with Crippen LogP contribution in [0, 0.1) is 19.8 Å². The third kappa shape index (κ3) is 1.46. The number of rotatable bonds is 2. The largest absolute Gasteiger partial charge is 0.330 e. The lowest BCUT2D eigenvalue weighted by atomic mass is 9.69. The highest BCUT2D eigenvalue weighted by Crippen LogP contribution is 2.43. The van der Waals surface area contributed by atoms with E-state index in [9.17, 15) is 0 Å². The van der Waals surface area contributed by atoms with E-state index < -0.39 is 0 Å². The fourth-order valence-electron chi connectivity index (χ4n) is 2.44. The molecule has 2 atom stereocenters. The van der Waals surface area contributed by atoms with E-state index in [1.165, 1.54) is 29.5 Å². The lowest BCUT2D eigenvalue weighted by Gasteiger charge is -2.37. The van der Waals surface area contributed by atoms with E-state index in [1.807, 2.05) is 0 Å². The van der Waals surface area contributed by atoms with E-state index >= 15 is 0 Å². The first-order chi connectivity index (χ1) is 6.74. The first-order valence-electron chi connectivity index (χ1n) is 5.50. The van der Waals surface area contributed by atoms with E-state index in [-0.39, 0.29) is 0 Å². The summed E-state index contributed by atoms with van der Waals surface area (Å²) in [7, 11) is 0. The average molecular weight is 189 g/mol. The topological polar surface area (TPSA) is 26.0 Å². The van der Waals surface area contributed by atoms with Crippen LogP contribution in [0.1, 0.15) is 35.4 Å². The molecule has 1 fully saturated rings. The molecule has 1 saturated carbocycles. The molecule has 0 radical (unpaired) electrons. The molecule has 2 rings (SSSR count). The molecular formula is C13H19N. The summed E-state index contributed by atoms with van der Waals surface area (Å²) >= 11 is 0. The zero-order valence-electron chi connectivity index (χ0n) is 9.09. The van der Waals surface area contributed by atoms with Crippen LogP contribution in [0.5, 0.6) is 0 Å². The van der Waals surface area contributed by atoms with Gasteiger partial charge in [-0.2, -0.15) is 0 Å². The molecule has 76 valence electrons. The van der Waals surface area contributed by atoms with Crippen LogP contribution in [0.25, 0.3) is 0 Å². The number of nitrogens with two attached hydrogens (primary N) is 1. The van der Waals surface area contributed by atoms with Crippen molar-refractivity contribution in [1.29, 1.82) is 0 Å². The molecule has 1 heteroatoms. The van der Waals surface area contributed by atoms with Gasteiger partial charge in [-0.1, -0.05) is 18.2 Å². The summed E-state index contributed by atoms with van der Waals surface area (Å²) in [6.07, 6.45) is 2.64. The van der Waals surface area contributed by atoms with Gasteiger partial charge < -0.3 is 5.73 Å². The quantitative estimate of drug-likeness (QED) is 0.760. The second kappa shape index (κ2) is 3.74. The van der Waals surface area contributed by atoms with Gasteiger partial charge in [0.1, 0.15) is 0 Å². The maximum absolute atomic E-state index is 5.75. The zero-order chi connectivity index (χ0) is 10.1. The van der Waals surface area contributed by atoms with Gasteiger partial charge in [-0.3, -0.25) is 0 Å². The highest BCUT2D eigenvalue weighted by atomic mass is 14.6. The molecule has 0 amide bonds. The summed E-state index contributed by atoms with van der Waals surface area (Å²) in [5, 5.41) is 0. The van der Waals surface area contributed by atoms with Crippen molar-refractivity contribution in [2.75, 3.05) is 6.54 Å². The average Bonchev–Trinajstić information content (AvgIpc) is 2.12. The molecule has 0 aromatic heterocycles. The summed E-state index contributed by atoms with van der Waals surface area (Å²) < 4.78 is 0. The molecule has 1 nitrogen and oxygen atoms in total. The van der Waals surface area contributed by atoms with Crippen molar-refractivity contribution < 1.29 is 0 Å². The molecule has 0 spiro atoms. The Morgan fingerprint density at radius 1 is 1.29 bits per heavy atom. The van der Waals surface area contributed by atoms with Crippen LogP contribution in [0.15, 0.2) is 18.2 Å². The summed E-state index contributed by atoms with van der Waals surface area (Å²) in [5.74, 6) is 1.47. The fourth-order valence-corrected chi connectivity index (χ4v) is 2.44. The van der Waals surface area contributed by atoms with Gasteiger partial charge in [0.05, 0.1) is 0 Å². The summed E-state index contributed by atoms with van der Waals surface area (Å²) in [6.45, 7) is 5.27. The van der Waals surface area contributed by atoms with Gasteiger partial charge in [0.15, 0.2) is 0 Å². The van der Waals surface area contributed by atoms with E-state index in [0.29, 0.717) is 0 Å². The molecule has 1 aliphatic rings. The third-order valence-electron chi connectivity index (χ3n) is 3.77. The van der Waals surface area contributed by atoms with Crippen molar-refractivity contribution in [3.63, 3.8) is 0 Å². The minimum atomic E-state index is 0.732. The minimum Gasteiger partial charge on any atom is -0.330 e. The molecule has 14 heavy (non-hydrogen) atoms. The Morgan fingerprint density at radius 2 is 2.07 bits per heavy atom. The van der Waals surface area contributed by atoms with Crippen molar-refractivity contribution in [3.8, 4) is 0 Å². The SMILES string of the molecule is Cc1cccc(C2CCC2CN)c1C. The van der Waals surface area contributed by atoms with Crippen molar-refractivity contribution in [2.45, 2.75) is 32.6 Å². The van der Waals surface area contributed by atoms with Gasteiger partial charge in [-0.25, -0.2) is 0 Å². The highest BCUT2D eigenvalue weighted by molar-refractivity contribution is 5.37. The van der Waals surface area contributed by atoms with E-state index in [0.717, 1.165) is 18.4 Å². The molecular weight excluding hydrogens is 170 g/mol. The molecule has 0 aliphatic heterocycles. The van der Waals surface area contributed by atoms with Crippen LogP contribution in [0.3, 0.4) is 0 Å². The zero-order valence-corrected chi connectivity index (χ0v) is 9.09. The van der Waals surface area contributed by atoms with Gasteiger partial charge in [-0.15, -0.1) is 0 Å². The Hall–Kier alpha value is -0.820. The fraction of sp³-hybridized carbons (Fsp3) is 0.538. The Kier molecular flexibility index (Phi) is 2.60. The Bertz CT molecular complexity index is 328. The van der Waals surface area contributed by atoms with Crippen molar-refractivity contribution in [3.05, 3.63) is 34.9 Å². The van der Waals surface area contributed by atoms with E-state index in [2.05, 4.69) is 32.0 Å². The molecule has 2 unspecified atom stereocenters. The van der Waals surface area contributed by atoms with Crippen LogP contribution in [0.4, 0.5) is 0 Å². The van der Waals surface area contributed by atoms with Gasteiger partial charge in [0.2, 0.25) is 0 Å². The Balaban J connectivity index is 2.28. The monoisotopic (exact) mass is 189 g/mol. The van der Waals surface area contributed by atoms with Crippen LogP contribution in [-0.4, -0.2) is 6.54 Å². The maximum atomic E-state index is 5.75.